The lowest BCUT2D eigenvalue weighted by molar-refractivity contribution is 0.624. The van der Waals surface area contributed by atoms with Crippen molar-refractivity contribution in [1.82, 2.24) is 9.97 Å². The van der Waals surface area contributed by atoms with Gasteiger partial charge in [0.1, 0.15) is 11.9 Å². The van der Waals surface area contributed by atoms with Gasteiger partial charge in [-0.15, -0.1) is 0 Å². The zero-order chi connectivity index (χ0) is 15.5. The fourth-order valence-corrected chi connectivity index (χ4v) is 2.13. The highest BCUT2D eigenvalue weighted by atomic mass is 19.1. The molecular formula is C18H12FN3. The number of aryl methyl sites for hydroxylation is 1. The van der Waals surface area contributed by atoms with Gasteiger partial charge in [0.05, 0.1) is 29.3 Å². The summed E-state index contributed by atoms with van der Waals surface area (Å²) in [7, 11) is 0. The Hall–Kier alpha value is -3.06. The molecule has 0 amide bonds. The predicted octanol–water partition coefficient (Wildman–Crippen LogP) is 4.13. The second-order valence-corrected chi connectivity index (χ2v) is 4.96. The molecule has 0 saturated carbocycles. The number of aromatic nitrogens is 2. The molecule has 3 nitrogen and oxygen atoms in total. The van der Waals surface area contributed by atoms with Crippen molar-refractivity contribution in [3.63, 3.8) is 0 Å². The van der Waals surface area contributed by atoms with E-state index in [-0.39, 0.29) is 5.56 Å². The SMILES string of the molecule is Cc1ccc(-c2cncc(-c3ccc(C#N)c(F)c3)n2)cc1. The van der Waals surface area contributed by atoms with Crippen LogP contribution >= 0.6 is 0 Å². The third-order valence-electron chi connectivity index (χ3n) is 3.37. The van der Waals surface area contributed by atoms with Crippen LogP contribution in [0.3, 0.4) is 0 Å². The lowest BCUT2D eigenvalue weighted by Crippen LogP contribution is -1.92. The molecule has 0 aliphatic carbocycles. The van der Waals surface area contributed by atoms with Crippen LogP contribution in [0.1, 0.15) is 11.1 Å². The van der Waals surface area contributed by atoms with Crippen molar-refractivity contribution in [3.05, 3.63) is 71.8 Å². The molecule has 0 atom stereocenters. The molecule has 0 bridgehead atoms. The number of hydrogen-bond donors (Lipinski definition) is 0. The second kappa shape index (κ2) is 5.74. The van der Waals surface area contributed by atoms with Gasteiger partial charge >= 0.3 is 0 Å². The first-order valence-electron chi connectivity index (χ1n) is 6.76. The minimum absolute atomic E-state index is 0.0198. The van der Waals surface area contributed by atoms with Crippen molar-refractivity contribution in [2.45, 2.75) is 6.92 Å². The Balaban J connectivity index is 2.03. The van der Waals surface area contributed by atoms with Crippen molar-refractivity contribution in [1.29, 1.82) is 5.26 Å². The van der Waals surface area contributed by atoms with E-state index in [2.05, 4.69) is 9.97 Å². The van der Waals surface area contributed by atoms with E-state index in [1.54, 1.807) is 24.5 Å². The summed E-state index contributed by atoms with van der Waals surface area (Å²) < 4.78 is 13.7. The van der Waals surface area contributed by atoms with E-state index in [0.717, 1.165) is 11.3 Å². The predicted molar refractivity (Wildman–Crippen MR) is 82.3 cm³/mol. The molecule has 3 rings (SSSR count). The summed E-state index contributed by atoms with van der Waals surface area (Å²) in [5.74, 6) is -0.553. The van der Waals surface area contributed by atoms with Crippen LogP contribution in [0.2, 0.25) is 0 Å². The van der Waals surface area contributed by atoms with Gasteiger partial charge in [-0.3, -0.25) is 4.98 Å². The molecule has 4 heteroatoms. The van der Waals surface area contributed by atoms with E-state index < -0.39 is 5.82 Å². The molecule has 0 radical (unpaired) electrons. The zero-order valence-electron chi connectivity index (χ0n) is 11.9. The van der Waals surface area contributed by atoms with Crippen LogP contribution in [0.25, 0.3) is 22.5 Å². The summed E-state index contributed by atoms with van der Waals surface area (Å²) in [4.78, 5) is 8.71. The molecule has 0 fully saturated rings. The molecule has 0 aliphatic heterocycles. The summed E-state index contributed by atoms with van der Waals surface area (Å²) in [5, 5.41) is 8.78. The molecule has 0 unspecified atom stereocenters. The van der Waals surface area contributed by atoms with Gasteiger partial charge in [0.2, 0.25) is 0 Å². The van der Waals surface area contributed by atoms with Crippen molar-refractivity contribution < 1.29 is 4.39 Å². The van der Waals surface area contributed by atoms with Gasteiger partial charge < -0.3 is 0 Å². The zero-order valence-corrected chi connectivity index (χ0v) is 11.9. The lowest BCUT2D eigenvalue weighted by Gasteiger charge is -2.05. The maximum Gasteiger partial charge on any atom is 0.141 e. The number of halogens is 1. The van der Waals surface area contributed by atoms with Crippen LogP contribution < -0.4 is 0 Å². The molecular weight excluding hydrogens is 277 g/mol. The molecule has 1 aromatic heterocycles. The molecule has 22 heavy (non-hydrogen) atoms. The molecule has 1 heterocycles. The fraction of sp³-hybridized carbons (Fsp3) is 0.0556. The molecule has 106 valence electrons. The summed E-state index contributed by atoms with van der Waals surface area (Å²) in [6, 6.07) is 14.2. The maximum absolute atomic E-state index is 13.7. The Bertz CT molecular complexity index is 864. The summed E-state index contributed by atoms with van der Waals surface area (Å²) in [6.45, 7) is 2.02. The normalized spacial score (nSPS) is 10.2. The van der Waals surface area contributed by atoms with Crippen LogP contribution in [0.4, 0.5) is 4.39 Å². The maximum atomic E-state index is 13.7. The molecule has 3 aromatic rings. The van der Waals surface area contributed by atoms with Gasteiger partial charge in [-0.1, -0.05) is 35.9 Å². The van der Waals surface area contributed by atoms with Gasteiger partial charge in [-0.2, -0.15) is 5.26 Å². The van der Waals surface area contributed by atoms with E-state index >= 15 is 0 Å². The van der Waals surface area contributed by atoms with Crippen LogP contribution in [0.5, 0.6) is 0 Å². The first-order chi connectivity index (χ1) is 10.7. The van der Waals surface area contributed by atoms with Gasteiger partial charge in [0.25, 0.3) is 0 Å². The molecule has 2 aromatic carbocycles. The Kier molecular flexibility index (Phi) is 3.63. The number of nitrogens with zero attached hydrogens (tertiary/aromatic N) is 3. The third-order valence-corrected chi connectivity index (χ3v) is 3.37. The average molecular weight is 289 g/mol. The largest absolute Gasteiger partial charge is 0.260 e. The summed E-state index contributed by atoms with van der Waals surface area (Å²) in [6.07, 6.45) is 3.26. The first kappa shape index (κ1) is 13.9. The van der Waals surface area contributed by atoms with Gasteiger partial charge in [-0.25, -0.2) is 9.37 Å². The number of hydrogen-bond acceptors (Lipinski definition) is 3. The summed E-state index contributed by atoms with van der Waals surface area (Å²) >= 11 is 0. The molecule has 0 spiro atoms. The Morgan fingerprint density at radius 1 is 0.955 bits per heavy atom. The Morgan fingerprint density at radius 2 is 1.59 bits per heavy atom. The minimum Gasteiger partial charge on any atom is -0.260 e. The Morgan fingerprint density at radius 3 is 2.23 bits per heavy atom. The van der Waals surface area contributed by atoms with Gasteiger partial charge in [-0.05, 0) is 19.1 Å². The van der Waals surface area contributed by atoms with E-state index in [9.17, 15) is 4.39 Å². The Labute approximate surface area is 127 Å². The van der Waals surface area contributed by atoms with Gasteiger partial charge in [0.15, 0.2) is 0 Å². The standard InChI is InChI=1S/C18H12FN3/c1-12-2-4-13(5-3-12)17-10-21-11-18(22-17)14-6-7-15(9-20)16(19)8-14/h2-8,10-11H,1H3. The lowest BCUT2D eigenvalue weighted by atomic mass is 10.1. The van der Waals surface area contributed by atoms with Crippen LogP contribution in [0, 0.1) is 24.1 Å². The van der Waals surface area contributed by atoms with E-state index in [1.807, 2.05) is 31.2 Å². The van der Waals surface area contributed by atoms with E-state index in [1.165, 1.54) is 17.7 Å². The summed E-state index contributed by atoms with van der Waals surface area (Å²) in [5.41, 5.74) is 4.03. The monoisotopic (exact) mass is 289 g/mol. The van der Waals surface area contributed by atoms with Crippen molar-refractivity contribution >= 4 is 0 Å². The quantitative estimate of drug-likeness (QED) is 0.712. The van der Waals surface area contributed by atoms with Crippen molar-refractivity contribution in [2.75, 3.05) is 0 Å². The highest BCUT2D eigenvalue weighted by Gasteiger charge is 2.08. The third kappa shape index (κ3) is 2.70. The molecule has 0 aliphatic rings. The number of rotatable bonds is 2. The van der Waals surface area contributed by atoms with Crippen LogP contribution in [-0.4, -0.2) is 9.97 Å². The molecule has 0 saturated heterocycles. The number of benzene rings is 2. The minimum atomic E-state index is -0.553. The van der Waals surface area contributed by atoms with Gasteiger partial charge in [0, 0.05) is 11.1 Å². The average Bonchev–Trinajstić information content (AvgIpc) is 2.55. The highest BCUT2D eigenvalue weighted by molar-refractivity contribution is 5.65. The van der Waals surface area contributed by atoms with Crippen LogP contribution in [-0.2, 0) is 0 Å². The van der Waals surface area contributed by atoms with E-state index in [0.29, 0.717) is 11.3 Å². The topological polar surface area (TPSA) is 49.6 Å². The number of nitriles is 1. The van der Waals surface area contributed by atoms with Crippen LogP contribution in [0.15, 0.2) is 54.9 Å². The van der Waals surface area contributed by atoms with Crippen molar-refractivity contribution in [2.24, 2.45) is 0 Å². The highest BCUT2D eigenvalue weighted by Crippen LogP contribution is 2.23. The first-order valence-corrected chi connectivity index (χ1v) is 6.76. The van der Waals surface area contributed by atoms with Crippen molar-refractivity contribution in [3.8, 4) is 28.6 Å². The van der Waals surface area contributed by atoms with E-state index in [4.69, 9.17) is 5.26 Å². The fourth-order valence-electron chi connectivity index (χ4n) is 2.13. The molecule has 0 N–H and O–H groups in total. The second-order valence-electron chi connectivity index (χ2n) is 4.96. The smallest absolute Gasteiger partial charge is 0.141 e.